The molecule has 0 aromatic heterocycles. The Morgan fingerprint density at radius 1 is 1.13 bits per heavy atom. The van der Waals surface area contributed by atoms with E-state index in [1.54, 1.807) is 4.90 Å². The number of carbonyl (C=O) groups is 2. The van der Waals surface area contributed by atoms with Crippen molar-refractivity contribution in [3.63, 3.8) is 0 Å². The normalized spacial score (nSPS) is 15.3. The van der Waals surface area contributed by atoms with Crippen LogP contribution in [0.15, 0.2) is 48.5 Å². The molecule has 0 bridgehead atoms. The largest absolute Gasteiger partial charge is 0.343 e. The standard InChI is InChI=1S/C23H23F2N3O2/c24-18-7-8-19(20(25)14-18)21(15-26)27-23(30)17-10-12-28(13-11-17)22(29)9-6-16-4-2-1-3-5-16/h1-5,7-8,14,17,21H,6,9-13H2,(H,27,30). The van der Waals surface area contributed by atoms with Crippen LogP contribution in [0.5, 0.6) is 0 Å². The summed E-state index contributed by atoms with van der Waals surface area (Å²) < 4.78 is 27.0. The van der Waals surface area contributed by atoms with E-state index >= 15 is 0 Å². The molecular formula is C23H23F2N3O2. The summed E-state index contributed by atoms with van der Waals surface area (Å²) in [5.41, 5.74) is 1.04. The molecule has 1 atom stereocenters. The van der Waals surface area contributed by atoms with Crippen molar-refractivity contribution in [3.05, 3.63) is 71.3 Å². The van der Waals surface area contributed by atoms with Crippen molar-refractivity contribution < 1.29 is 18.4 Å². The van der Waals surface area contributed by atoms with Crippen LogP contribution in [0.25, 0.3) is 0 Å². The number of hydrogen-bond donors (Lipinski definition) is 1. The van der Waals surface area contributed by atoms with Crippen LogP contribution in [-0.2, 0) is 16.0 Å². The first-order valence-corrected chi connectivity index (χ1v) is 9.94. The number of hydrogen-bond acceptors (Lipinski definition) is 3. The summed E-state index contributed by atoms with van der Waals surface area (Å²) in [6.07, 6.45) is 2.05. The van der Waals surface area contributed by atoms with Gasteiger partial charge < -0.3 is 10.2 Å². The predicted molar refractivity (Wildman–Crippen MR) is 107 cm³/mol. The first-order valence-electron chi connectivity index (χ1n) is 9.94. The zero-order chi connectivity index (χ0) is 21.5. The molecule has 5 nitrogen and oxygen atoms in total. The Morgan fingerprint density at radius 2 is 1.83 bits per heavy atom. The summed E-state index contributed by atoms with van der Waals surface area (Å²) in [6, 6.07) is 13.3. The molecule has 1 unspecified atom stereocenters. The van der Waals surface area contributed by atoms with Gasteiger partial charge in [-0.1, -0.05) is 36.4 Å². The van der Waals surface area contributed by atoms with Gasteiger partial charge in [0.1, 0.15) is 17.7 Å². The quantitative estimate of drug-likeness (QED) is 0.791. The molecule has 1 N–H and O–H groups in total. The van der Waals surface area contributed by atoms with Gasteiger partial charge in [0.2, 0.25) is 11.8 Å². The summed E-state index contributed by atoms with van der Waals surface area (Å²) in [6.45, 7) is 0.932. The third-order valence-corrected chi connectivity index (χ3v) is 5.38. The van der Waals surface area contributed by atoms with Crippen LogP contribution in [0.2, 0.25) is 0 Å². The van der Waals surface area contributed by atoms with Gasteiger partial charge in [0.25, 0.3) is 0 Å². The molecule has 1 fully saturated rings. The Kier molecular flexibility index (Phi) is 7.12. The average molecular weight is 411 g/mol. The van der Waals surface area contributed by atoms with Gasteiger partial charge in [0, 0.05) is 37.1 Å². The first-order chi connectivity index (χ1) is 14.5. The molecule has 0 aliphatic carbocycles. The van der Waals surface area contributed by atoms with Gasteiger partial charge in [-0.05, 0) is 30.9 Å². The second-order valence-electron chi connectivity index (χ2n) is 7.38. The summed E-state index contributed by atoms with van der Waals surface area (Å²) in [5, 5.41) is 11.8. The Balaban J connectivity index is 1.49. The Morgan fingerprint density at radius 3 is 2.47 bits per heavy atom. The van der Waals surface area contributed by atoms with Crippen LogP contribution < -0.4 is 5.32 Å². The van der Waals surface area contributed by atoms with Gasteiger partial charge in [-0.25, -0.2) is 8.78 Å². The third-order valence-electron chi connectivity index (χ3n) is 5.38. The van der Waals surface area contributed by atoms with E-state index in [-0.39, 0.29) is 23.3 Å². The molecule has 1 saturated heterocycles. The summed E-state index contributed by atoms with van der Waals surface area (Å²) >= 11 is 0. The highest BCUT2D eigenvalue weighted by Gasteiger charge is 2.29. The topological polar surface area (TPSA) is 73.2 Å². The van der Waals surface area contributed by atoms with Gasteiger partial charge in [-0.3, -0.25) is 9.59 Å². The van der Waals surface area contributed by atoms with Gasteiger partial charge >= 0.3 is 0 Å². The number of rotatable bonds is 6. The number of amides is 2. The number of halogens is 2. The molecule has 2 aromatic rings. The second-order valence-corrected chi connectivity index (χ2v) is 7.38. The van der Waals surface area contributed by atoms with E-state index in [0.29, 0.717) is 44.8 Å². The minimum absolute atomic E-state index is 0.0565. The lowest BCUT2D eigenvalue weighted by Crippen LogP contribution is -2.43. The minimum Gasteiger partial charge on any atom is -0.343 e. The van der Waals surface area contributed by atoms with E-state index in [1.807, 2.05) is 36.4 Å². The molecule has 3 rings (SSSR count). The number of piperidine rings is 1. The highest BCUT2D eigenvalue weighted by atomic mass is 19.1. The lowest BCUT2D eigenvalue weighted by Gasteiger charge is -2.32. The highest BCUT2D eigenvalue weighted by Crippen LogP contribution is 2.22. The molecule has 1 aliphatic rings. The zero-order valence-corrected chi connectivity index (χ0v) is 16.5. The van der Waals surface area contributed by atoms with Crippen molar-refractivity contribution >= 4 is 11.8 Å². The van der Waals surface area contributed by atoms with Crippen molar-refractivity contribution in [2.75, 3.05) is 13.1 Å². The summed E-state index contributed by atoms with van der Waals surface area (Å²) in [4.78, 5) is 26.7. The van der Waals surface area contributed by atoms with Gasteiger partial charge in [-0.15, -0.1) is 0 Å². The minimum atomic E-state index is -1.19. The molecule has 1 heterocycles. The van der Waals surface area contributed by atoms with Crippen molar-refractivity contribution in [2.45, 2.75) is 31.7 Å². The van der Waals surface area contributed by atoms with Crippen molar-refractivity contribution in [1.82, 2.24) is 10.2 Å². The Hall–Kier alpha value is -3.27. The fourth-order valence-corrected chi connectivity index (χ4v) is 3.62. The van der Waals surface area contributed by atoms with E-state index in [9.17, 15) is 23.6 Å². The third kappa shape index (κ3) is 5.41. The fourth-order valence-electron chi connectivity index (χ4n) is 3.62. The summed E-state index contributed by atoms with van der Waals surface area (Å²) in [5.74, 6) is -2.28. The number of likely N-dealkylation sites (tertiary alicyclic amines) is 1. The van der Waals surface area contributed by atoms with E-state index in [4.69, 9.17) is 0 Å². The Labute approximate surface area is 174 Å². The van der Waals surface area contributed by atoms with Gasteiger partial charge in [0.05, 0.1) is 6.07 Å². The zero-order valence-electron chi connectivity index (χ0n) is 16.5. The lowest BCUT2D eigenvalue weighted by molar-refractivity contribution is -0.135. The fraction of sp³-hybridized carbons (Fsp3) is 0.348. The number of benzene rings is 2. The monoisotopic (exact) mass is 411 g/mol. The number of nitrogens with one attached hydrogen (secondary N) is 1. The maximum atomic E-state index is 13.9. The lowest BCUT2D eigenvalue weighted by atomic mass is 9.94. The van der Waals surface area contributed by atoms with Crippen molar-refractivity contribution in [1.29, 1.82) is 5.26 Å². The molecule has 1 aliphatic heterocycles. The van der Waals surface area contributed by atoms with E-state index < -0.39 is 17.7 Å². The average Bonchev–Trinajstić information content (AvgIpc) is 2.77. The van der Waals surface area contributed by atoms with E-state index in [0.717, 1.165) is 17.7 Å². The van der Waals surface area contributed by atoms with Gasteiger partial charge in [0.15, 0.2) is 0 Å². The van der Waals surface area contributed by atoms with Crippen LogP contribution in [0.4, 0.5) is 8.78 Å². The van der Waals surface area contributed by atoms with Crippen LogP contribution in [0.1, 0.15) is 36.4 Å². The SMILES string of the molecule is N#CC(NC(=O)C1CCN(C(=O)CCc2ccccc2)CC1)c1ccc(F)cc1F. The number of aryl methyl sites for hydroxylation is 1. The van der Waals surface area contributed by atoms with Crippen LogP contribution in [0, 0.1) is 28.9 Å². The maximum Gasteiger partial charge on any atom is 0.224 e. The highest BCUT2D eigenvalue weighted by molar-refractivity contribution is 5.80. The molecule has 2 amide bonds. The molecule has 30 heavy (non-hydrogen) atoms. The molecular weight excluding hydrogens is 388 g/mol. The first kappa shape index (κ1) is 21.4. The van der Waals surface area contributed by atoms with E-state index in [1.165, 1.54) is 0 Å². The summed E-state index contributed by atoms with van der Waals surface area (Å²) in [7, 11) is 0. The number of nitriles is 1. The van der Waals surface area contributed by atoms with Crippen LogP contribution in [-0.4, -0.2) is 29.8 Å². The van der Waals surface area contributed by atoms with Crippen LogP contribution >= 0.6 is 0 Å². The molecule has 2 aromatic carbocycles. The molecule has 0 spiro atoms. The van der Waals surface area contributed by atoms with Crippen LogP contribution in [0.3, 0.4) is 0 Å². The molecule has 7 heteroatoms. The van der Waals surface area contributed by atoms with Crippen molar-refractivity contribution in [2.24, 2.45) is 5.92 Å². The molecule has 0 radical (unpaired) electrons. The second kappa shape index (κ2) is 9.97. The predicted octanol–water partition coefficient (Wildman–Crippen LogP) is 3.52. The van der Waals surface area contributed by atoms with Gasteiger partial charge in [-0.2, -0.15) is 5.26 Å². The molecule has 156 valence electrons. The maximum absolute atomic E-state index is 13.9. The smallest absolute Gasteiger partial charge is 0.224 e. The van der Waals surface area contributed by atoms with Crippen molar-refractivity contribution in [3.8, 4) is 6.07 Å². The molecule has 0 saturated carbocycles. The number of nitrogens with zero attached hydrogens (tertiary/aromatic N) is 2. The number of carbonyl (C=O) groups excluding carboxylic acids is 2. The Bertz CT molecular complexity index is 935. The van der Waals surface area contributed by atoms with E-state index in [2.05, 4.69) is 5.32 Å².